The molecule has 0 amide bonds. The first-order valence-corrected chi connectivity index (χ1v) is 5.45. The smallest absolute Gasteiger partial charge is 0.163 e. The Morgan fingerprint density at radius 2 is 2.14 bits per heavy atom. The number of carbonyl (C=O) groups is 1. The fourth-order valence-electron chi connectivity index (χ4n) is 3.30. The summed E-state index contributed by atoms with van der Waals surface area (Å²) < 4.78 is 11.6. The minimum Gasteiger partial charge on any atom is -0.345 e. The van der Waals surface area contributed by atoms with Crippen molar-refractivity contribution >= 4 is 5.78 Å². The van der Waals surface area contributed by atoms with Gasteiger partial charge in [0.25, 0.3) is 0 Å². The molecule has 4 atom stereocenters. The average Bonchev–Trinajstić information content (AvgIpc) is 2.61. The Morgan fingerprint density at radius 1 is 1.36 bits per heavy atom. The fourth-order valence-corrected chi connectivity index (χ4v) is 3.30. The topological polar surface area (TPSA) is 35.5 Å². The maximum Gasteiger partial charge on any atom is 0.163 e. The Labute approximate surface area is 83.8 Å². The van der Waals surface area contributed by atoms with Crippen LogP contribution in [0.15, 0.2) is 0 Å². The standard InChI is InChI=1S/C11H16O3/c1-11(2)13-8-5-6-3-4-7(12)9(6)10(8)14-11/h6,8-10H,3-5H2,1-2H3/t6-,8-,9+,10-/m1/s1. The van der Waals surface area contributed by atoms with Crippen LogP contribution in [0.25, 0.3) is 0 Å². The molecule has 78 valence electrons. The van der Waals surface area contributed by atoms with Crippen LogP contribution in [0, 0.1) is 11.8 Å². The molecule has 0 radical (unpaired) electrons. The molecule has 2 aliphatic carbocycles. The van der Waals surface area contributed by atoms with Gasteiger partial charge in [-0.25, -0.2) is 0 Å². The first kappa shape index (κ1) is 8.86. The van der Waals surface area contributed by atoms with E-state index < -0.39 is 5.79 Å². The van der Waals surface area contributed by atoms with Crippen molar-refractivity contribution in [3.05, 3.63) is 0 Å². The Morgan fingerprint density at radius 3 is 2.93 bits per heavy atom. The summed E-state index contributed by atoms with van der Waals surface area (Å²) in [4.78, 5) is 11.7. The van der Waals surface area contributed by atoms with Gasteiger partial charge in [-0.2, -0.15) is 0 Å². The molecule has 14 heavy (non-hydrogen) atoms. The van der Waals surface area contributed by atoms with Gasteiger partial charge in [-0.15, -0.1) is 0 Å². The van der Waals surface area contributed by atoms with E-state index in [0.29, 0.717) is 11.7 Å². The number of fused-ring (bicyclic) bond motifs is 3. The van der Waals surface area contributed by atoms with Gasteiger partial charge in [-0.05, 0) is 32.6 Å². The molecule has 0 unspecified atom stereocenters. The molecule has 0 aromatic rings. The highest BCUT2D eigenvalue weighted by atomic mass is 16.8. The van der Waals surface area contributed by atoms with Crippen LogP contribution in [0.4, 0.5) is 0 Å². The lowest BCUT2D eigenvalue weighted by molar-refractivity contribution is -0.160. The third-order valence-electron chi connectivity index (χ3n) is 3.75. The molecule has 1 aliphatic heterocycles. The summed E-state index contributed by atoms with van der Waals surface area (Å²) in [5.41, 5.74) is 0. The predicted molar refractivity (Wildman–Crippen MR) is 49.7 cm³/mol. The number of hydrogen-bond donors (Lipinski definition) is 0. The van der Waals surface area contributed by atoms with Crippen LogP contribution in [0.1, 0.15) is 33.1 Å². The lowest BCUT2D eigenvalue weighted by Gasteiger charge is -2.21. The van der Waals surface area contributed by atoms with Gasteiger partial charge in [0.05, 0.1) is 12.2 Å². The van der Waals surface area contributed by atoms with Crippen molar-refractivity contribution < 1.29 is 14.3 Å². The van der Waals surface area contributed by atoms with Gasteiger partial charge in [-0.1, -0.05) is 0 Å². The van der Waals surface area contributed by atoms with E-state index in [9.17, 15) is 4.79 Å². The normalized spacial score (nSPS) is 49.4. The lowest BCUT2D eigenvalue weighted by Crippen LogP contribution is -2.29. The average molecular weight is 196 g/mol. The Hall–Kier alpha value is -0.410. The second kappa shape index (κ2) is 2.58. The molecule has 0 N–H and O–H groups in total. The molecule has 1 heterocycles. The van der Waals surface area contributed by atoms with Crippen LogP contribution >= 0.6 is 0 Å². The van der Waals surface area contributed by atoms with Gasteiger partial charge < -0.3 is 9.47 Å². The molecule has 1 saturated heterocycles. The van der Waals surface area contributed by atoms with E-state index >= 15 is 0 Å². The van der Waals surface area contributed by atoms with E-state index in [0.717, 1.165) is 19.3 Å². The second-order valence-electron chi connectivity index (χ2n) is 5.17. The maximum atomic E-state index is 11.7. The van der Waals surface area contributed by atoms with Crippen molar-refractivity contribution in [1.82, 2.24) is 0 Å². The number of Topliss-reactive ketones (excluding diaryl/α,β-unsaturated/α-hetero) is 1. The number of hydrogen-bond acceptors (Lipinski definition) is 3. The minimum atomic E-state index is -0.483. The summed E-state index contributed by atoms with van der Waals surface area (Å²) in [6.45, 7) is 3.86. The van der Waals surface area contributed by atoms with Crippen molar-refractivity contribution in [3.63, 3.8) is 0 Å². The molecule has 0 bridgehead atoms. The molecule has 2 saturated carbocycles. The molecule has 3 fully saturated rings. The lowest BCUT2D eigenvalue weighted by atomic mass is 9.98. The van der Waals surface area contributed by atoms with E-state index in [-0.39, 0.29) is 18.1 Å². The van der Waals surface area contributed by atoms with E-state index in [2.05, 4.69) is 0 Å². The predicted octanol–water partition coefficient (Wildman–Crippen LogP) is 1.51. The summed E-state index contributed by atoms with van der Waals surface area (Å²) in [6, 6.07) is 0. The largest absolute Gasteiger partial charge is 0.345 e. The highest BCUT2D eigenvalue weighted by Gasteiger charge is 2.57. The van der Waals surface area contributed by atoms with Crippen molar-refractivity contribution in [1.29, 1.82) is 0 Å². The zero-order chi connectivity index (χ0) is 9.92. The number of ketones is 1. The van der Waals surface area contributed by atoms with Crippen LogP contribution in [-0.4, -0.2) is 23.8 Å². The van der Waals surface area contributed by atoms with Crippen molar-refractivity contribution in [2.45, 2.75) is 51.1 Å². The fraction of sp³-hybridized carbons (Fsp3) is 0.909. The summed E-state index contributed by atoms with van der Waals surface area (Å²) >= 11 is 0. The molecular formula is C11H16O3. The zero-order valence-corrected chi connectivity index (χ0v) is 8.66. The van der Waals surface area contributed by atoms with E-state index in [1.807, 2.05) is 13.8 Å². The zero-order valence-electron chi connectivity index (χ0n) is 8.66. The molecule has 3 rings (SSSR count). The molecule has 3 heteroatoms. The molecular weight excluding hydrogens is 180 g/mol. The van der Waals surface area contributed by atoms with Gasteiger partial charge in [0.2, 0.25) is 0 Å². The van der Waals surface area contributed by atoms with Crippen LogP contribution in [0.3, 0.4) is 0 Å². The summed E-state index contributed by atoms with van der Waals surface area (Å²) in [5.74, 6) is 0.586. The van der Waals surface area contributed by atoms with Crippen LogP contribution in [-0.2, 0) is 14.3 Å². The maximum absolute atomic E-state index is 11.7. The third-order valence-corrected chi connectivity index (χ3v) is 3.75. The Balaban J connectivity index is 1.86. The quantitative estimate of drug-likeness (QED) is 0.589. The Bertz CT molecular complexity index is 284. The van der Waals surface area contributed by atoms with Crippen LogP contribution in [0.5, 0.6) is 0 Å². The highest BCUT2D eigenvalue weighted by molar-refractivity contribution is 5.84. The van der Waals surface area contributed by atoms with E-state index in [1.54, 1.807) is 0 Å². The van der Waals surface area contributed by atoms with Crippen molar-refractivity contribution in [3.8, 4) is 0 Å². The number of rotatable bonds is 0. The Kier molecular flexibility index (Phi) is 1.63. The SMILES string of the molecule is CC1(C)O[C@H]2[C@@H]3C(=O)CC[C@@H]3C[C@H]2O1. The minimum absolute atomic E-state index is 0.0463. The van der Waals surface area contributed by atoms with Crippen LogP contribution < -0.4 is 0 Å². The summed E-state index contributed by atoms with van der Waals surface area (Å²) in [6.07, 6.45) is 3.03. The first-order valence-electron chi connectivity index (χ1n) is 5.45. The molecule has 3 aliphatic rings. The third kappa shape index (κ3) is 1.09. The van der Waals surface area contributed by atoms with Crippen molar-refractivity contribution in [2.24, 2.45) is 11.8 Å². The molecule has 0 spiro atoms. The highest BCUT2D eigenvalue weighted by Crippen LogP contribution is 2.49. The van der Waals surface area contributed by atoms with Gasteiger partial charge >= 0.3 is 0 Å². The molecule has 0 aromatic heterocycles. The molecule has 0 aromatic carbocycles. The van der Waals surface area contributed by atoms with Crippen LogP contribution in [0.2, 0.25) is 0 Å². The summed E-state index contributed by atoms with van der Waals surface area (Å²) in [7, 11) is 0. The second-order valence-corrected chi connectivity index (χ2v) is 5.17. The van der Waals surface area contributed by atoms with Gasteiger partial charge in [0.15, 0.2) is 5.79 Å². The summed E-state index contributed by atoms with van der Waals surface area (Å²) in [5, 5.41) is 0. The van der Waals surface area contributed by atoms with E-state index in [1.165, 1.54) is 0 Å². The molecule has 3 nitrogen and oxygen atoms in total. The van der Waals surface area contributed by atoms with E-state index in [4.69, 9.17) is 9.47 Å². The van der Waals surface area contributed by atoms with Gasteiger partial charge in [-0.3, -0.25) is 4.79 Å². The first-order chi connectivity index (χ1) is 6.57. The monoisotopic (exact) mass is 196 g/mol. The van der Waals surface area contributed by atoms with Gasteiger partial charge in [0, 0.05) is 12.3 Å². The number of carbonyl (C=O) groups excluding carboxylic acids is 1. The van der Waals surface area contributed by atoms with Crippen molar-refractivity contribution in [2.75, 3.05) is 0 Å². The van der Waals surface area contributed by atoms with Gasteiger partial charge in [0.1, 0.15) is 5.78 Å². The number of ether oxygens (including phenoxy) is 2.